The highest BCUT2D eigenvalue weighted by molar-refractivity contribution is 5.77. The number of nitrogens with two attached hydrogens (primary N) is 1. The predicted octanol–water partition coefficient (Wildman–Crippen LogP) is 2.21. The van der Waals surface area contributed by atoms with Crippen LogP contribution in [0.3, 0.4) is 0 Å². The number of nitrogen functional groups attached to an aromatic ring is 1. The number of nitrogens with one attached hydrogen (secondary N) is 1. The lowest BCUT2D eigenvalue weighted by Crippen LogP contribution is -1.85. The number of fused-ring (bicyclic) bond motifs is 1. The Kier molecular flexibility index (Phi) is 1.86. The van der Waals surface area contributed by atoms with Crippen LogP contribution in [0.15, 0.2) is 42.9 Å². The molecule has 0 atom stereocenters. The van der Waals surface area contributed by atoms with Gasteiger partial charge < -0.3 is 10.7 Å². The van der Waals surface area contributed by atoms with Crippen LogP contribution in [0.1, 0.15) is 0 Å². The number of aromatic nitrogens is 3. The summed E-state index contributed by atoms with van der Waals surface area (Å²) in [6.07, 6.45) is 3.46. The minimum absolute atomic E-state index is 0.735. The smallest absolute Gasteiger partial charge is 0.177 e. The molecule has 0 bridgehead atoms. The largest absolute Gasteiger partial charge is 0.399 e. The van der Waals surface area contributed by atoms with Crippen molar-refractivity contribution in [2.24, 2.45) is 0 Å². The number of imidazole rings is 1. The molecule has 0 unspecified atom stereocenters. The molecule has 0 fully saturated rings. The van der Waals surface area contributed by atoms with E-state index in [4.69, 9.17) is 5.73 Å². The van der Waals surface area contributed by atoms with Crippen LogP contribution in [0.2, 0.25) is 0 Å². The van der Waals surface area contributed by atoms with Gasteiger partial charge in [0.25, 0.3) is 0 Å². The van der Waals surface area contributed by atoms with E-state index in [-0.39, 0.29) is 0 Å². The van der Waals surface area contributed by atoms with E-state index in [9.17, 15) is 0 Å². The van der Waals surface area contributed by atoms with E-state index in [0.29, 0.717) is 0 Å². The van der Waals surface area contributed by atoms with E-state index in [1.807, 2.05) is 36.5 Å². The summed E-state index contributed by atoms with van der Waals surface area (Å²) in [4.78, 5) is 11.4. The molecule has 0 saturated heterocycles. The fraction of sp³-hybridized carbons (Fsp3) is 0. The molecule has 2 aromatic heterocycles. The quantitative estimate of drug-likeness (QED) is 0.605. The first-order valence-corrected chi connectivity index (χ1v) is 4.98. The van der Waals surface area contributed by atoms with Crippen molar-refractivity contribution in [2.75, 3.05) is 5.73 Å². The Bertz CT molecular complexity index is 625. The van der Waals surface area contributed by atoms with E-state index in [1.54, 1.807) is 6.33 Å². The maximum atomic E-state index is 5.65. The molecular formula is C12H10N4. The first-order chi connectivity index (χ1) is 7.83. The molecule has 0 aliphatic carbocycles. The number of hydrogen-bond donors (Lipinski definition) is 2. The lowest BCUT2D eigenvalue weighted by molar-refractivity contribution is 1.30. The van der Waals surface area contributed by atoms with E-state index in [2.05, 4.69) is 15.0 Å². The molecular weight excluding hydrogens is 200 g/mol. The summed E-state index contributed by atoms with van der Waals surface area (Å²) >= 11 is 0. The van der Waals surface area contributed by atoms with Gasteiger partial charge in [0, 0.05) is 17.4 Å². The molecule has 16 heavy (non-hydrogen) atoms. The van der Waals surface area contributed by atoms with Crippen LogP contribution in [-0.4, -0.2) is 15.0 Å². The molecule has 2 heterocycles. The molecule has 4 nitrogen and oxygen atoms in total. The number of H-pyrrole nitrogens is 1. The summed E-state index contributed by atoms with van der Waals surface area (Å²) in [5.74, 6) is 0. The van der Waals surface area contributed by atoms with Crippen LogP contribution in [0.5, 0.6) is 0 Å². The number of pyridine rings is 1. The average Bonchev–Trinajstić information content (AvgIpc) is 2.77. The monoisotopic (exact) mass is 210 g/mol. The molecule has 3 aromatic rings. The van der Waals surface area contributed by atoms with Gasteiger partial charge in [-0.2, -0.15) is 0 Å². The van der Waals surface area contributed by atoms with Gasteiger partial charge in [-0.3, -0.25) is 0 Å². The van der Waals surface area contributed by atoms with Gasteiger partial charge >= 0.3 is 0 Å². The molecule has 3 rings (SSSR count). The van der Waals surface area contributed by atoms with Crippen molar-refractivity contribution in [3.63, 3.8) is 0 Å². The van der Waals surface area contributed by atoms with E-state index >= 15 is 0 Å². The lowest BCUT2D eigenvalue weighted by Gasteiger charge is -2.01. The normalized spacial score (nSPS) is 10.8. The lowest BCUT2D eigenvalue weighted by atomic mass is 10.1. The summed E-state index contributed by atoms with van der Waals surface area (Å²) in [5.41, 5.74) is 10.2. The Balaban J connectivity index is 2.14. The van der Waals surface area contributed by atoms with Crippen LogP contribution >= 0.6 is 0 Å². The Labute approximate surface area is 92.2 Å². The molecule has 1 aromatic carbocycles. The molecule has 78 valence electrons. The average molecular weight is 210 g/mol. The molecule has 0 radical (unpaired) electrons. The molecule has 3 N–H and O–H groups in total. The molecule has 0 saturated carbocycles. The summed E-state index contributed by atoms with van der Waals surface area (Å²) in [6, 6.07) is 9.75. The summed E-state index contributed by atoms with van der Waals surface area (Å²) in [5, 5.41) is 0. The van der Waals surface area contributed by atoms with Crippen LogP contribution in [0, 0.1) is 0 Å². The number of nitrogens with zero attached hydrogens (tertiary/aromatic N) is 2. The Morgan fingerprint density at radius 2 is 1.81 bits per heavy atom. The van der Waals surface area contributed by atoms with Gasteiger partial charge in [0.2, 0.25) is 0 Å². The number of rotatable bonds is 1. The maximum Gasteiger partial charge on any atom is 0.177 e. The van der Waals surface area contributed by atoms with Gasteiger partial charge in [0.05, 0.1) is 11.8 Å². The van der Waals surface area contributed by atoms with Crippen molar-refractivity contribution < 1.29 is 0 Å². The number of anilines is 1. The fourth-order valence-corrected chi connectivity index (χ4v) is 1.66. The topological polar surface area (TPSA) is 67.6 Å². The molecule has 4 heteroatoms. The predicted molar refractivity (Wildman–Crippen MR) is 63.7 cm³/mol. The van der Waals surface area contributed by atoms with Gasteiger partial charge in [-0.25, -0.2) is 9.97 Å². The van der Waals surface area contributed by atoms with Crippen molar-refractivity contribution in [3.8, 4) is 11.1 Å². The summed E-state index contributed by atoms with van der Waals surface area (Å²) < 4.78 is 0. The van der Waals surface area contributed by atoms with Gasteiger partial charge in [-0.1, -0.05) is 12.1 Å². The Hall–Kier alpha value is -2.36. The SMILES string of the molecule is Nc1ccc(-c2cnc3nc[nH]c3c2)cc1. The van der Waals surface area contributed by atoms with Crippen molar-refractivity contribution in [1.82, 2.24) is 15.0 Å². The van der Waals surface area contributed by atoms with Gasteiger partial charge in [-0.05, 0) is 23.8 Å². The van der Waals surface area contributed by atoms with Crippen molar-refractivity contribution >= 4 is 16.9 Å². The zero-order chi connectivity index (χ0) is 11.0. The second-order valence-electron chi connectivity index (χ2n) is 3.62. The Morgan fingerprint density at radius 1 is 1.00 bits per heavy atom. The zero-order valence-electron chi connectivity index (χ0n) is 8.51. The van der Waals surface area contributed by atoms with E-state index < -0.39 is 0 Å². The minimum atomic E-state index is 0.735. The summed E-state index contributed by atoms with van der Waals surface area (Å²) in [7, 11) is 0. The van der Waals surface area contributed by atoms with Crippen LogP contribution in [0.4, 0.5) is 5.69 Å². The first kappa shape index (κ1) is 8.91. The van der Waals surface area contributed by atoms with Crippen molar-refractivity contribution in [2.45, 2.75) is 0 Å². The van der Waals surface area contributed by atoms with Gasteiger partial charge in [0.1, 0.15) is 0 Å². The number of aromatic amines is 1. The highest BCUT2D eigenvalue weighted by Crippen LogP contribution is 2.21. The zero-order valence-corrected chi connectivity index (χ0v) is 8.51. The Morgan fingerprint density at radius 3 is 2.62 bits per heavy atom. The molecule has 0 aliphatic rings. The van der Waals surface area contributed by atoms with Crippen LogP contribution in [-0.2, 0) is 0 Å². The van der Waals surface area contributed by atoms with E-state index in [1.165, 1.54) is 0 Å². The second kappa shape index (κ2) is 3.34. The third-order valence-electron chi connectivity index (χ3n) is 2.52. The third-order valence-corrected chi connectivity index (χ3v) is 2.52. The standard InChI is InChI=1S/C12H10N4/c13-10-3-1-8(2-4-10)9-5-11-12(14-6-9)16-7-15-11/h1-7H,13H2,(H,14,15,16). The second-order valence-corrected chi connectivity index (χ2v) is 3.62. The maximum absolute atomic E-state index is 5.65. The summed E-state index contributed by atoms with van der Waals surface area (Å²) in [6.45, 7) is 0. The van der Waals surface area contributed by atoms with Gasteiger partial charge in [0.15, 0.2) is 5.65 Å². The van der Waals surface area contributed by atoms with Crippen LogP contribution < -0.4 is 5.73 Å². The molecule has 0 amide bonds. The minimum Gasteiger partial charge on any atom is -0.399 e. The molecule has 0 aliphatic heterocycles. The van der Waals surface area contributed by atoms with Crippen molar-refractivity contribution in [3.05, 3.63) is 42.9 Å². The highest BCUT2D eigenvalue weighted by Gasteiger charge is 2.01. The third kappa shape index (κ3) is 1.40. The number of hydrogen-bond acceptors (Lipinski definition) is 3. The first-order valence-electron chi connectivity index (χ1n) is 4.98. The van der Waals surface area contributed by atoms with Crippen LogP contribution in [0.25, 0.3) is 22.3 Å². The fourth-order valence-electron chi connectivity index (χ4n) is 1.66. The van der Waals surface area contributed by atoms with Gasteiger partial charge in [-0.15, -0.1) is 0 Å². The molecule has 0 spiro atoms. The van der Waals surface area contributed by atoms with Crippen molar-refractivity contribution in [1.29, 1.82) is 0 Å². The highest BCUT2D eigenvalue weighted by atomic mass is 14.9. The number of benzene rings is 1. The van der Waals surface area contributed by atoms with E-state index in [0.717, 1.165) is 28.0 Å².